The Bertz CT molecular complexity index is 915. The van der Waals surface area contributed by atoms with Gasteiger partial charge in [0.15, 0.2) is 0 Å². The second-order valence-electron chi connectivity index (χ2n) is 9.45. The van der Waals surface area contributed by atoms with Gasteiger partial charge in [0.2, 0.25) is 11.9 Å². The summed E-state index contributed by atoms with van der Waals surface area (Å²) >= 11 is 0. The molecular weight excluding hydrogens is 402 g/mol. The summed E-state index contributed by atoms with van der Waals surface area (Å²) in [7, 11) is 5.57. The smallest absolute Gasteiger partial charge is 0.224 e. The normalized spacial score (nSPS) is 24.1. The second kappa shape index (κ2) is 9.45. The number of methoxy groups -OCH3 is 1. The molecule has 1 amide bonds. The molecule has 0 radical (unpaired) electrons. The molecule has 2 aliphatic heterocycles. The van der Waals surface area contributed by atoms with Crippen LogP contribution in [0.1, 0.15) is 50.2 Å². The third-order valence-electron chi connectivity index (χ3n) is 7.08. The van der Waals surface area contributed by atoms with Gasteiger partial charge < -0.3 is 14.5 Å². The summed E-state index contributed by atoms with van der Waals surface area (Å²) in [6.07, 6.45) is 8.64. The van der Waals surface area contributed by atoms with Gasteiger partial charge in [-0.3, -0.25) is 9.69 Å². The zero-order valence-electron chi connectivity index (χ0n) is 19.8. The third kappa shape index (κ3) is 4.58. The van der Waals surface area contributed by atoms with E-state index in [9.17, 15) is 4.79 Å². The van der Waals surface area contributed by atoms with Crippen molar-refractivity contribution >= 4 is 11.9 Å². The molecule has 2 fully saturated rings. The number of benzene rings is 1. The van der Waals surface area contributed by atoms with Crippen molar-refractivity contribution in [3.8, 4) is 5.75 Å². The summed E-state index contributed by atoms with van der Waals surface area (Å²) < 4.78 is 5.30. The van der Waals surface area contributed by atoms with Crippen molar-refractivity contribution < 1.29 is 9.53 Å². The van der Waals surface area contributed by atoms with Gasteiger partial charge in [-0.25, -0.2) is 9.97 Å². The highest BCUT2D eigenvalue weighted by atomic mass is 16.5. The molecule has 1 aromatic carbocycles. The van der Waals surface area contributed by atoms with Crippen LogP contribution in [0.25, 0.3) is 0 Å². The van der Waals surface area contributed by atoms with E-state index < -0.39 is 0 Å². The zero-order chi connectivity index (χ0) is 22.7. The Morgan fingerprint density at radius 3 is 2.47 bits per heavy atom. The first-order valence-electron chi connectivity index (χ1n) is 11.6. The molecule has 0 aliphatic carbocycles. The van der Waals surface area contributed by atoms with E-state index in [2.05, 4.69) is 38.8 Å². The molecule has 2 saturated heterocycles. The molecule has 7 heteroatoms. The van der Waals surface area contributed by atoms with Crippen molar-refractivity contribution in [3.05, 3.63) is 47.8 Å². The molecule has 0 spiro atoms. The topological polar surface area (TPSA) is 61.8 Å². The number of likely N-dealkylation sites (tertiary alicyclic amines) is 2. The number of ether oxygens (including phenoxy) is 1. The minimum Gasteiger partial charge on any atom is -0.497 e. The molecule has 172 valence electrons. The summed E-state index contributed by atoms with van der Waals surface area (Å²) in [5, 5.41) is 0. The van der Waals surface area contributed by atoms with Gasteiger partial charge in [0, 0.05) is 64.1 Å². The molecular formula is C25H35N5O2. The Morgan fingerprint density at radius 1 is 1.09 bits per heavy atom. The van der Waals surface area contributed by atoms with E-state index in [1.165, 1.54) is 0 Å². The fourth-order valence-electron chi connectivity index (χ4n) is 5.19. The quantitative estimate of drug-likeness (QED) is 0.690. The highest BCUT2D eigenvalue weighted by Crippen LogP contribution is 2.40. The van der Waals surface area contributed by atoms with Crippen LogP contribution in [0.4, 0.5) is 5.95 Å². The van der Waals surface area contributed by atoms with Crippen LogP contribution in [0.2, 0.25) is 0 Å². The number of amides is 1. The molecule has 0 saturated carbocycles. The summed E-state index contributed by atoms with van der Waals surface area (Å²) in [5.41, 5.74) is 2.09. The van der Waals surface area contributed by atoms with Gasteiger partial charge in [-0.2, -0.15) is 0 Å². The minimum absolute atomic E-state index is 0.179. The van der Waals surface area contributed by atoms with Gasteiger partial charge in [0.1, 0.15) is 5.75 Å². The number of aromatic nitrogens is 2. The van der Waals surface area contributed by atoms with Gasteiger partial charge in [-0.05, 0) is 43.9 Å². The maximum Gasteiger partial charge on any atom is 0.224 e. The van der Waals surface area contributed by atoms with Crippen molar-refractivity contribution in [1.82, 2.24) is 19.8 Å². The van der Waals surface area contributed by atoms with Crippen molar-refractivity contribution in [2.24, 2.45) is 0 Å². The van der Waals surface area contributed by atoms with Crippen LogP contribution in [-0.4, -0.2) is 65.0 Å². The zero-order valence-corrected chi connectivity index (χ0v) is 19.8. The predicted octanol–water partition coefficient (Wildman–Crippen LogP) is 3.49. The summed E-state index contributed by atoms with van der Waals surface area (Å²) in [6, 6.07) is 8.42. The van der Waals surface area contributed by atoms with E-state index in [4.69, 9.17) is 4.74 Å². The lowest BCUT2D eigenvalue weighted by atomic mass is 9.84. The minimum atomic E-state index is -0.179. The molecule has 0 bridgehead atoms. The van der Waals surface area contributed by atoms with E-state index in [0.29, 0.717) is 19.0 Å². The largest absolute Gasteiger partial charge is 0.497 e. The molecule has 0 unspecified atom stereocenters. The number of anilines is 1. The number of rotatable bonds is 6. The average molecular weight is 438 g/mol. The van der Waals surface area contributed by atoms with Crippen molar-refractivity contribution in [2.45, 2.75) is 63.7 Å². The van der Waals surface area contributed by atoms with Crippen LogP contribution in [0.3, 0.4) is 0 Å². The lowest BCUT2D eigenvalue weighted by Gasteiger charge is -2.46. The van der Waals surface area contributed by atoms with Crippen LogP contribution < -0.4 is 9.64 Å². The number of hydrogen-bond donors (Lipinski definition) is 0. The van der Waals surface area contributed by atoms with E-state index in [-0.39, 0.29) is 11.4 Å². The first-order chi connectivity index (χ1) is 15.4. The predicted molar refractivity (Wildman–Crippen MR) is 126 cm³/mol. The van der Waals surface area contributed by atoms with E-state index >= 15 is 0 Å². The maximum atomic E-state index is 13.3. The molecule has 4 rings (SSSR count). The van der Waals surface area contributed by atoms with Gasteiger partial charge in [0.25, 0.3) is 0 Å². The van der Waals surface area contributed by atoms with Crippen LogP contribution in [-0.2, 0) is 17.9 Å². The van der Waals surface area contributed by atoms with Gasteiger partial charge >= 0.3 is 0 Å². The number of nitrogens with zero attached hydrogens (tertiary/aromatic N) is 5. The fourth-order valence-corrected chi connectivity index (χ4v) is 5.19. The van der Waals surface area contributed by atoms with Crippen molar-refractivity contribution in [3.63, 3.8) is 0 Å². The molecule has 2 atom stereocenters. The van der Waals surface area contributed by atoms with E-state index in [0.717, 1.165) is 61.6 Å². The van der Waals surface area contributed by atoms with Gasteiger partial charge in [-0.1, -0.05) is 18.6 Å². The Morgan fingerprint density at radius 2 is 1.81 bits per heavy atom. The Hall–Kier alpha value is -2.67. The molecule has 7 nitrogen and oxygen atoms in total. The molecule has 1 aromatic heterocycles. The lowest BCUT2D eigenvalue weighted by Crippen LogP contribution is -2.57. The molecule has 0 N–H and O–H groups in total. The monoisotopic (exact) mass is 437 g/mol. The van der Waals surface area contributed by atoms with Crippen LogP contribution in [0.15, 0.2) is 36.7 Å². The second-order valence-corrected chi connectivity index (χ2v) is 9.45. The first kappa shape index (κ1) is 22.5. The lowest BCUT2D eigenvalue weighted by molar-refractivity contribution is -0.140. The summed E-state index contributed by atoms with van der Waals surface area (Å²) in [6.45, 7) is 4.72. The molecule has 2 aromatic rings. The SMILES string of the molecule is COc1ccc(CN2C(=O)CCCC[C@H]3N(Cc4cnc(N(C)C)nc4)CC[C@]32C)cc1. The van der Waals surface area contributed by atoms with Crippen molar-refractivity contribution in [2.75, 3.05) is 32.6 Å². The molecule has 2 aliphatic rings. The number of carbonyl (C=O) groups is 1. The third-order valence-corrected chi connectivity index (χ3v) is 7.08. The van der Waals surface area contributed by atoms with Gasteiger partial charge in [0.05, 0.1) is 12.6 Å². The summed E-state index contributed by atoms with van der Waals surface area (Å²) in [5.74, 6) is 1.84. The summed E-state index contributed by atoms with van der Waals surface area (Å²) in [4.78, 5) is 28.8. The van der Waals surface area contributed by atoms with E-state index in [1.807, 2.05) is 43.5 Å². The number of hydrogen-bond acceptors (Lipinski definition) is 6. The maximum absolute atomic E-state index is 13.3. The highest BCUT2D eigenvalue weighted by Gasteiger charge is 2.49. The standard InChI is InChI=1S/C25H35N5O2/c1-25-13-14-29(17-20-15-26-24(27-16-20)28(2)3)22(25)7-5-6-8-23(31)30(25)18-19-9-11-21(32-4)12-10-19/h9-12,15-16,22H,5-8,13-14,17-18H2,1-4H3/t22-,25-/m1/s1. The van der Waals surface area contributed by atoms with Gasteiger partial charge in [-0.15, -0.1) is 0 Å². The molecule has 3 heterocycles. The Balaban J connectivity index is 1.55. The Labute approximate surface area is 191 Å². The van der Waals surface area contributed by atoms with Crippen LogP contribution in [0, 0.1) is 0 Å². The number of carbonyl (C=O) groups excluding carboxylic acids is 1. The van der Waals surface area contributed by atoms with Crippen LogP contribution >= 0.6 is 0 Å². The van der Waals surface area contributed by atoms with E-state index in [1.54, 1.807) is 7.11 Å². The molecule has 32 heavy (non-hydrogen) atoms. The fraction of sp³-hybridized carbons (Fsp3) is 0.560. The van der Waals surface area contributed by atoms with Crippen LogP contribution in [0.5, 0.6) is 5.75 Å². The highest BCUT2D eigenvalue weighted by molar-refractivity contribution is 5.77. The average Bonchev–Trinajstić information content (AvgIpc) is 3.10. The van der Waals surface area contributed by atoms with Crippen molar-refractivity contribution in [1.29, 1.82) is 0 Å². The first-order valence-corrected chi connectivity index (χ1v) is 11.6. The number of fused-ring (bicyclic) bond motifs is 1. The Kier molecular flexibility index (Phi) is 6.65.